The number of nitrogens with zero attached hydrogens (tertiary/aromatic N) is 1. The summed E-state index contributed by atoms with van der Waals surface area (Å²) in [6, 6.07) is -0.786. The monoisotopic (exact) mass is 311 g/mol. The maximum absolute atomic E-state index is 12.8. The second kappa shape index (κ2) is 8.68. The molecule has 124 valence electrons. The van der Waals surface area contributed by atoms with Crippen molar-refractivity contribution in [3.05, 3.63) is 12.7 Å². The van der Waals surface area contributed by atoms with E-state index < -0.39 is 24.2 Å². The summed E-state index contributed by atoms with van der Waals surface area (Å²) in [5, 5.41) is 0. The molecule has 22 heavy (non-hydrogen) atoms. The van der Waals surface area contributed by atoms with Gasteiger partial charge in [0.15, 0.2) is 6.04 Å². The van der Waals surface area contributed by atoms with Crippen LogP contribution in [0.4, 0.5) is 0 Å². The Kier molecular flexibility index (Phi) is 7.24. The number of ketones is 1. The van der Waals surface area contributed by atoms with Gasteiger partial charge < -0.3 is 9.47 Å². The lowest BCUT2D eigenvalue weighted by Crippen LogP contribution is -2.49. The zero-order valence-corrected chi connectivity index (χ0v) is 13.5. The Morgan fingerprint density at radius 1 is 1.45 bits per heavy atom. The number of Topliss-reactive ketones (excluding diaryl/α,β-unsaturated/α-hetero) is 1. The highest BCUT2D eigenvalue weighted by Gasteiger charge is 2.44. The summed E-state index contributed by atoms with van der Waals surface area (Å²) in [5.41, 5.74) is 0. The summed E-state index contributed by atoms with van der Waals surface area (Å²) in [5.74, 6) is -1.97. The standard InChI is InChI=1S/C16H25NO5/c1-5-7-9-14-17(13(10-22-14)16(20)21-4)15(19)12(8-6-2)11(3)18/h6,12-14H,2,5,7-10H2,1,3-4H3/t12?,13-,14+/m0/s1. The third-order valence-corrected chi connectivity index (χ3v) is 3.82. The van der Waals surface area contributed by atoms with Gasteiger partial charge in [0.25, 0.3) is 0 Å². The molecular weight excluding hydrogens is 286 g/mol. The number of amides is 1. The Bertz CT molecular complexity index is 434. The lowest BCUT2D eigenvalue weighted by atomic mass is 9.98. The zero-order valence-electron chi connectivity index (χ0n) is 13.5. The average molecular weight is 311 g/mol. The van der Waals surface area contributed by atoms with E-state index in [0.717, 1.165) is 12.8 Å². The number of carbonyl (C=O) groups excluding carboxylic acids is 3. The Labute approximate surface area is 131 Å². The number of esters is 1. The second-order valence-electron chi connectivity index (χ2n) is 5.40. The fraction of sp³-hybridized carbons (Fsp3) is 0.688. The lowest BCUT2D eigenvalue weighted by molar-refractivity contribution is -0.156. The van der Waals surface area contributed by atoms with Crippen LogP contribution in [0.2, 0.25) is 0 Å². The van der Waals surface area contributed by atoms with Crippen LogP contribution in [0.5, 0.6) is 0 Å². The fourth-order valence-corrected chi connectivity index (χ4v) is 2.57. The first-order chi connectivity index (χ1) is 10.5. The summed E-state index contributed by atoms with van der Waals surface area (Å²) < 4.78 is 10.3. The number of ether oxygens (including phenoxy) is 2. The molecule has 3 atom stereocenters. The van der Waals surface area contributed by atoms with E-state index in [1.54, 1.807) is 0 Å². The minimum Gasteiger partial charge on any atom is -0.467 e. The predicted molar refractivity (Wildman–Crippen MR) is 80.9 cm³/mol. The number of hydrogen-bond donors (Lipinski definition) is 0. The van der Waals surface area contributed by atoms with Crippen molar-refractivity contribution in [2.45, 2.75) is 51.8 Å². The first-order valence-electron chi connectivity index (χ1n) is 7.60. The van der Waals surface area contributed by atoms with Gasteiger partial charge in [0.05, 0.1) is 19.6 Å². The van der Waals surface area contributed by atoms with Gasteiger partial charge in [-0.05, 0) is 26.2 Å². The Morgan fingerprint density at radius 2 is 2.14 bits per heavy atom. The quantitative estimate of drug-likeness (QED) is 0.387. The number of hydrogen-bond acceptors (Lipinski definition) is 5. The highest BCUT2D eigenvalue weighted by Crippen LogP contribution is 2.26. The van der Waals surface area contributed by atoms with Gasteiger partial charge in [-0.15, -0.1) is 6.58 Å². The first kappa shape index (κ1) is 18.4. The molecule has 0 aliphatic carbocycles. The topological polar surface area (TPSA) is 72.9 Å². The maximum Gasteiger partial charge on any atom is 0.331 e. The van der Waals surface area contributed by atoms with Gasteiger partial charge in [0.2, 0.25) is 5.91 Å². The number of unbranched alkanes of at least 4 members (excludes halogenated alkanes) is 1. The van der Waals surface area contributed by atoms with Gasteiger partial charge in [-0.1, -0.05) is 19.4 Å². The fourth-order valence-electron chi connectivity index (χ4n) is 2.57. The molecule has 1 heterocycles. The van der Waals surface area contributed by atoms with Crippen molar-refractivity contribution in [3.63, 3.8) is 0 Å². The molecule has 1 aliphatic rings. The molecule has 0 N–H and O–H groups in total. The maximum atomic E-state index is 12.8. The van der Waals surface area contributed by atoms with E-state index in [1.165, 1.54) is 25.0 Å². The van der Waals surface area contributed by atoms with Crippen LogP contribution in [0.3, 0.4) is 0 Å². The molecule has 0 aromatic rings. The molecule has 0 radical (unpaired) electrons. The van der Waals surface area contributed by atoms with Crippen LogP contribution in [-0.4, -0.2) is 48.5 Å². The van der Waals surface area contributed by atoms with Crippen LogP contribution >= 0.6 is 0 Å². The van der Waals surface area contributed by atoms with Gasteiger partial charge in [-0.25, -0.2) is 4.79 Å². The molecule has 0 aromatic heterocycles. The van der Waals surface area contributed by atoms with Crippen LogP contribution in [0.25, 0.3) is 0 Å². The third kappa shape index (κ3) is 4.16. The van der Waals surface area contributed by atoms with E-state index in [-0.39, 0.29) is 24.7 Å². The van der Waals surface area contributed by atoms with Crippen LogP contribution in [-0.2, 0) is 23.9 Å². The molecule has 1 saturated heterocycles. The van der Waals surface area contributed by atoms with Crippen molar-refractivity contribution in [3.8, 4) is 0 Å². The molecule has 6 heteroatoms. The van der Waals surface area contributed by atoms with Crippen molar-refractivity contribution in [1.82, 2.24) is 4.90 Å². The van der Waals surface area contributed by atoms with Crippen molar-refractivity contribution in [2.75, 3.05) is 13.7 Å². The number of rotatable bonds is 8. The van der Waals surface area contributed by atoms with E-state index in [9.17, 15) is 14.4 Å². The molecular formula is C16H25NO5. The number of carbonyl (C=O) groups is 3. The zero-order chi connectivity index (χ0) is 16.7. The molecule has 0 saturated carbocycles. The highest BCUT2D eigenvalue weighted by atomic mass is 16.5. The minimum atomic E-state index is -0.824. The van der Waals surface area contributed by atoms with Crippen molar-refractivity contribution in [1.29, 1.82) is 0 Å². The number of methoxy groups -OCH3 is 1. The smallest absolute Gasteiger partial charge is 0.331 e. The lowest BCUT2D eigenvalue weighted by Gasteiger charge is -2.29. The van der Waals surface area contributed by atoms with E-state index in [0.29, 0.717) is 6.42 Å². The van der Waals surface area contributed by atoms with E-state index in [4.69, 9.17) is 9.47 Å². The second-order valence-corrected chi connectivity index (χ2v) is 5.40. The highest BCUT2D eigenvalue weighted by molar-refractivity contribution is 6.01. The van der Waals surface area contributed by atoms with Crippen molar-refractivity contribution < 1.29 is 23.9 Å². The van der Waals surface area contributed by atoms with Gasteiger partial charge in [-0.3, -0.25) is 14.5 Å². The van der Waals surface area contributed by atoms with Crippen LogP contribution < -0.4 is 0 Å². The van der Waals surface area contributed by atoms with E-state index >= 15 is 0 Å². The first-order valence-corrected chi connectivity index (χ1v) is 7.60. The van der Waals surface area contributed by atoms with Crippen LogP contribution in [0.1, 0.15) is 39.5 Å². The van der Waals surface area contributed by atoms with E-state index in [1.807, 2.05) is 6.92 Å². The molecule has 1 amide bonds. The Hall–Kier alpha value is -1.69. The molecule has 0 aromatic carbocycles. The summed E-state index contributed by atoms with van der Waals surface area (Å²) in [7, 11) is 1.27. The summed E-state index contributed by atoms with van der Waals surface area (Å²) in [6.07, 6.45) is 3.76. The third-order valence-electron chi connectivity index (χ3n) is 3.82. The molecule has 1 rings (SSSR count). The van der Waals surface area contributed by atoms with Gasteiger partial charge >= 0.3 is 5.97 Å². The largest absolute Gasteiger partial charge is 0.467 e. The average Bonchev–Trinajstić information content (AvgIpc) is 2.92. The summed E-state index contributed by atoms with van der Waals surface area (Å²) >= 11 is 0. The normalized spacial score (nSPS) is 22.2. The SMILES string of the molecule is C=CCC(C(C)=O)C(=O)N1[C@@H](CCCC)OC[C@H]1C(=O)OC. The molecule has 0 spiro atoms. The molecule has 1 unspecified atom stereocenters. The summed E-state index contributed by atoms with van der Waals surface area (Å²) in [4.78, 5) is 37.8. The van der Waals surface area contributed by atoms with Gasteiger partial charge in [0.1, 0.15) is 12.0 Å². The molecule has 1 aliphatic heterocycles. The Balaban J connectivity index is 3.01. The van der Waals surface area contributed by atoms with E-state index in [2.05, 4.69) is 6.58 Å². The number of allylic oxidation sites excluding steroid dienone is 1. The molecule has 0 bridgehead atoms. The molecule has 6 nitrogen and oxygen atoms in total. The Morgan fingerprint density at radius 3 is 2.64 bits per heavy atom. The molecule has 1 fully saturated rings. The minimum absolute atomic E-state index is 0.103. The van der Waals surface area contributed by atoms with Crippen LogP contribution in [0, 0.1) is 5.92 Å². The van der Waals surface area contributed by atoms with Crippen molar-refractivity contribution >= 4 is 17.7 Å². The predicted octanol–water partition coefficient (Wildman–Crippen LogP) is 1.68. The van der Waals surface area contributed by atoms with Gasteiger partial charge in [0, 0.05) is 0 Å². The van der Waals surface area contributed by atoms with Gasteiger partial charge in [-0.2, -0.15) is 0 Å². The summed E-state index contributed by atoms with van der Waals surface area (Å²) in [6.45, 7) is 7.10. The van der Waals surface area contributed by atoms with Crippen molar-refractivity contribution in [2.24, 2.45) is 5.92 Å². The van der Waals surface area contributed by atoms with Crippen LogP contribution in [0.15, 0.2) is 12.7 Å².